The SMILES string of the molecule is CSCC[C@H](NC(=O)c1ccc(CCCCC2CCCCC2)cc1-c1ccccc1C)C(=O)[O-].[Na+]. The molecule has 1 aliphatic rings. The van der Waals surface area contributed by atoms with Crippen molar-refractivity contribution in [1.82, 2.24) is 5.32 Å². The molecule has 0 heterocycles. The first-order valence-electron chi connectivity index (χ1n) is 12.7. The molecule has 0 saturated heterocycles. The van der Waals surface area contributed by atoms with Crippen molar-refractivity contribution >= 4 is 23.6 Å². The number of hydrogen-bond acceptors (Lipinski definition) is 4. The maximum atomic E-state index is 13.2. The third-order valence-electron chi connectivity index (χ3n) is 7.02. The van der Waals surface area contributed by atoms with E-state index in [4.69, 9.17) is 0 Å². The fraction of sp³-hybridized carbons (Fsp3) is 0.517. The minimum Gasteiger partial charge on any atom is -0.548 e. The quantitative estimate of drug-likeness (QED) is 0.357. The van der Waals surface area contributed by atoms with Gasteiger partial charge < -0.3 is 15.2 Å². The molecule has 35 heavy (non-hydrogen) atoms. The summed E-state index contributed by atoms with van der Waals surface area (Å²) in [7, 11) is 0. The first-order valence-corrected chi connectivity index (χ1v) is 14.1. The van der Waals surface area contributed by atoms with Crippen molar-refractivity contribution < 1.29 is 44.3 Å². The van der Waals surface area contributed by atoms with Crippen LogP contribution in [0.25, 0.3) is 11.1 Å². The normalized spacial score (nSPS) is 14.7. The number of amides is 1. The number of aliphatic carboxylic acids is 1. The summed E-state index contributed by atoms with van der Waals surface area (Å²) in [5.74, 6) is -0.0550. The second kappa shape index (κ2) is 15.8. The van der Waals surface area contributed by atoms with Gasteiger partial charge in [-0.05, 0) is 72.4 Å². The molecular weight excluding hydrogens is 465 g/mol. The number of thioether (sulfide) groups is 1. The van der Waals surface area contributed by atoms with E-state index in [2.05, 4.69) is 11.4 Å². The Morgan fingerprint density at radius 2 is 1.80 bits per heavy atom. The number of carboxylic acid groups (broad SMARTS) is 1. The standard InChI is InChI=1S/C29H39NO3S.Na/c1-21-10-6-9-15-24(21)26-20-23(14-8-7-13-22-11-4-3-5-12-22)16-17-25(26)28(31)30-27(29(32)33)18-19-34-2;/h6,9-10,15-17,20,22,27H,3-5,7-8,11-14,18-19H2,1-2H3,(H,30,31)(H,32,33);/q;+1/p-1/t27-;/m0./s1. The van der Waals surface area contributed by atoms with Crippen LogP contribution in [0.3, 0.4) is 0 Å². The number of aryl methyl sites for hydroxylation is 2. The zero-order valence-electron chi connectivity index (χ0n) is 21.6. The molecule has 3 rings (SSSR count). The summed E-state index contributed by atoms with van der Waals surface area (Å²) in [6.07, 6.45) is 13.9. The number of carbonyl (C=O) groups excluding carboxylic acids is 2. The van der Waals surface area contributed by atoms with Crippen LogP contribution in [0.4, 0.5) is 0 Å². The molecule has 1 amide bonds. The van der Waals surface area contributed by atoms with Gasteiger partial charge in [-0.1, -0.05) is 81.3 Å². The third-order valence-corrected chi connectivity index (χ3v) is 7.66. The fourth-order valence-corrected chi connectivity index (χ4v) is 5.47. The first kappa shape index (κ1) is 30.0. The molecule has 1 saturated carbocycles. The molecule has 1 aliphatic carbocycles. The number of carboxylic acids is 1. The van der Waals surface area contributed by atoms with Gasteiger partial charge in [-0.3, -0.25) is 4.79 Å². The van der Waals surface area contributed by atoms with Crippen LogP contribution in [0, 0.1) is 12.8 Å². The molecule has 2 aromatic carbocycles. The number of rotatable bonds is 12. The van der Waals surface area contributed by atoms with Crippen molar-refractivity contribution in [3.63, 3.8) is 0 Å². The van der Waals surface area contributed by atoms with Crippen molar-refractivity contribution in [2.75, 3.05) is 12.0 Å². The van der Waals surface area contributed by atoms with Gasteiger partial charge in [0.2, 0.25) is 0 Å². The van der Waals surface area contributed by atoms with Crippen molar-refractivity contribution in [1.29, 1.82) is 0 Å². The van der Waals surface area contributed by atoms with E-state index in [0.717, 1.165) is 35.4 Å². The molecule has 2 aromatic rings. The Balaban J connectivity index is 0.00000432. The predicted octanol–water partition coefficient (Wildman–Crippen LogP) is 2.56. The van der Waals surface area contributed by atoms with Crippen LogP contribution in [-0.2, 0) is 11.2 Å². The summed E-state index contributed by atoms with van der Waals surface area (Å²) in [6, 6.07) is 13.0. The second-order valence-electron chi connectivity index (χ2n) is 9.57. The molecule has 4 nitrogen and oxygen atoms in total. The number of benzene rings is 2. The van der Waals surface area contributed by atoms with Crippen molar-refractivity contribution in [2.45, 2.75) is 77.2 Å². The van der Waals surface area contributed by atoms with Crippen molar-refractivity contribution in [3.05, 3.63) is 59.2 Å². The van der Waals surface area contributed by atoms with E-state index in [-0.39, 0.29) is 35.5 Å². The largest absolute Gasteiger partial charge is 1.00 e. The topological polar surface area (TPSA) is 69.2 Å². The predicted molar refractivity (Wildman–Crippen MR) is 140 cm³/mol. The minimum absolute atomic E-state index is 0. The van der Waals surface area contributed by atoms with Crippen LogP contribution >= 0.6 is 11.8 Å². The van der Waals surface area contributed by atoms with Crippen LogP contribution in [0.2, 0.25) is 0 Å². The van der Waals surface area contributed by atoms with Gasteiger partial charge in [0.25, 0.3) is 5.91 Å². The summed E-state index contributed by atoms with van der Waals surface area (Å²) < 4.78 is 0. The van der Waals surface area contributed by atoms with Gasteiger partial charge >= 0.3 is 29.6 Å². The number of nitrogens with one attached hydrogen (secondary N) is 1. The van der Waals surface area contributed by atoms with Crippen molar-refractivity contribution in [2.24, 2.45) is 5.92 Å². The molecule has 184 valence electrons. The van der Waals surface area contributed by atoms with E-state index in [0.29, 0.717) is 17.7 Å². The Morgan fingerprint density at radius 1 is 1.06 bits per heavy atom. The molecule has 1 atom stereocenters. The van der Waals surface area contributed by atoms with E-state index in [1.165, 1.54) is 50.5 Å². The smallest absolute Gasteiger partial charge is 0.548 e. The Labute approximate surface area is 237 Å². The van der Waals surface area contributed by atoms with Crippen LogP contribution in [0.5, 0.6) is 0 Å². The maximum Gasteiger partial charge on any atom is 1.00 e. The van der Waals surface area contributed by atoms with E-state index < -0.39 is 12.0 Å². The van der Waals surface area contributed by atoms with Gasteiger partial charge in [0.1, 0.15) is 0 Å². The molecule has 6 heteroatoms. The molecule has 0 aliphatic heterocycles. The minimum atomic E-state index is -1.24. The molecular formula is C29H38NNaO3S. The van der Waals surface area contributed by atoms with Crippen LogP contribution < -0.4 is 40.0 Å². The molecule has 0 unspecified atom stereocenters. The average molecular weight is 504 g/mol. The summed E-state index contributed by atoms with van der Waals surface area (Å²) >= 11 is 1.55. The number of hydrogen-bond donors (Lipinski definition) is 1. The van der Waals surface area contributed by atoms with Gasteiger partial charge in [0, 0.05) is 5.56 Å². The number of unbranched alkanes of at least 4 members (excludes halogenated alkanes) is 1. The van der Waals surface area contributed by atoms with Crippen LogP contribution in [0.1, 0.15) is 79.3 Å². The van der Waals surface area contributed by atoms with Crippen LogP contribution in [0.15, 0.2) is 42.5 Å². The van der Waals surface area contributed by atoms with Gasteiger partial charge in [0.05, 0.1) is 12.0 Å². The maximum absolute atomic E-state index is 13.2. The number of carbonyl (C=O) groups is 2. The molecule has 1 fully saturated rings. The van der Waals surface area contributed by atoms with E-state index in [1.54, 1.807) is 11.8 Å². The van der Waals surface area contributed by atoms with E-state index >= 15 is 0 Å². The summed E-state index contributed by atoms with van der Waals surface area (Å²) in [5, 5.41) is 14.3. The molecule has 1 N–H and O–H groups in total. The molecule has 0 radical (unpaired) electrons. The zero-order chi connectivity index (χ0) is 24.3. The van der Waals surface area contributed by atoms with Crippen LogP contribution in [-0.4, -0.2) is 29.9 Å². The Kier molecular flexibility index (Phi) is 13.5. The summed E-state index contributed by atoms with van der Waals surface area (Å²) in [4.78, 5) is 24.7. The Hall–Kier alpha value is -1.27. The summed E-state index contributed by atoms with van der Waals surface area (Å²) in [5.41, 5.74) is 4.69. The molecule has 0 spiro atoms. The summed E-state index contributed by atoms with van der Waals surface area (Å²) in [6.45, 7) is 2.04. The fourth-order valence-electron chi connectivity index (χ4n) is 5.00. The zero-order valence-corrected chi connectivity index (χ0v) is 24.4. The van der Waals surface area contributed by atoms with Gasteiger partial charge in [-0.2, -0.15) is 11.8 Å². The van der Waals surface area contributed by atoms with Gasteiger partial charge in [0.15, 0.2) is 0 Å². The average Bonchev–Trinajstić information content (AvgIpc) is 2.85. The second-order valence-corrected chi connectivity index (χ2v) is 10.6. The Morgan fingerprint density at radius 3 is 2.49 bits per heavy atom. The van der Waals surface area contributed by atoms with E-state index in [9.17, 15) is 14.7 Å². The molecule has 0 aromatic heterocycles. The Bertz CT molecular complexity index is 959. The monoisotopic (exact) mass is 503 g/mol. The van der Waals surface area contributed by atoms with Gasteiger partial charge in [-0.15, -0.1) is 0 Å². The van der Waals surface area contributed by atoms with E-state index in [1.807, 2.05) is 49.6 Å². The third kappa shape index (κ3) is 9.27. The molecule has 0 bridgehead atoms. The van der Waals surface area contributed by atoms with Crippen molar-refractivity contribution in [3.8, 4) is 11.1 Å². The first-order chi connectivity index (χ1) is 16.5. The van der Waals surface area contributed by atoms with Gasteiger partial charge in [-0.25, -0.2) is 0 Å².